The third-order valence-electron chi connectivity index (χ3n) is 2.92. The van der Waals surface area contributed by atoms with Crippen molar-refractivity contribution in [1.29, 1.82) is 5.26 Å². The minimum Gasteiger partial charge on any atom is -0.381 e. The number of hydrogen-bond acceptors (Lipinski definition) is 4. The van der Waals surface area contributed by atoms with Gasteiger partial charge in [-0.3, -0.25) is 4.68 Å². The van der Waals surface area contributed by atoms with Gasteiger partial charge in [-0.15, -0.1) is 11.8 Å². The van der Waals surface area contributed by atoms with Gasteiger partial charge in [0.2, 0.25) is 0 Å². The topological polar surface area (TPSA) is 67.6 Å². The second kappa shape index (κ2) is 6.30. The Morgan fingerprint density at radius 2 is 2.11 bits per heavy atom. The summed E-state index contributed by atoms with van der Waals surface area (Å²) in [5, 5.41) is 14.1. The van der Waals surface area contributed by atoms with Crippen LogP contribution in [0.4, 0.5) is 5.82 Å². The molecule has 0 radical (unpaired) electrons. The second-order valence-electron chi connectivity index (χ2n) is 4.19. The van der Waals surface area contributed by atoms with Gasteiger partial charge in [0.05, 0.1) is 0 Å². The quantitative estimate of drug-likeness (QED) is 0.850. The predicted molar refractivity (Wildman–Crippen MR) is 77.9 cm³/mol. The zero-order valence-corrected chi connectivity index (χ0v) is 11.7. The molecule has 0 unspecified atom stereocenters. The van der Waals surface area contributed by atoms with Crippen molar-refractivity contribution < 1.29 is 0 Å². The summed E-state index contributed by atoms with van der Waals surface area (Å²) < 4.78 is 1.83. The molecule has 0 amide bonds. The van der Waals surface area contributed by atoms with E-state index in [1.807, 2.05) is 29.1 Å². The van der Waals surface area contributed by atoms with E-state index in [-0.39, 0.29) is 0 Å². The van der Waals surface area contributed by atoms with E-state index in [0.29, 0.717) is 11.4 Å². The molecule has 98 valence electrons. The fraction of sp³-hybridized carbons (Fsp3) is 0.286. The van der Waals surface area contributed by atoms with E-state index in [9.17, 15) is 0 Å². The normalized spacial score (nSPS) is 10.3. The molecule has 2 aromatic rings. The number of aromatic nitrogens is 2. The maximum atomic E-state index is 9.05. The lowest BCUT2D eigenvalue weighted by molar-refractivity contribution is 0.541. The van der Waals surface area contributed by atoms with Gasteiger partial charge in [-0.25, -0.2) is 0 Å². The van der Waals surface area contributed by atoms with Gasteiger partial charge in [-0.2, -0.15) is 10.4 Å². The van der Waals surface area contributed by atoms with Gasteiger partial charge in [0.1, 0.15) is 16.7 Å². The van der Waals surface area contributed by atoms with Gasteiger partial charge < -0.3 is 5.73 Å². The van der Waals surface area contributed by atoms with Crippen molar-refractivity contribution in [3.8, 4) is 6.07 Å². The van der Waals surface area contributed by atoms with Crippen LogP contribution in [0.15, 0.2) is 35.4 Å². The number of nitrogens with zero attached hydrogens (tertiary/aromatic N) is 3. The van der Waals surface area contributed by atoms with Crippen molar-refractivity contribution in [1.82, 2.24) is 9.78 Å². The molecule has 2 N–H and O–H groups in total. The number of hydrogen-bond donors (Lipinski definition) is 1. The first-order valence-corrected chi connectivity index (χ1v) is 7.33. The van der Waals surface area contributed by atoms with E-state index in [1.54, 1.807) is 0 Å². The zero-order chi connectivity index (χ0) is 13.7. The van der Waals surface area contributed by atoms with Crippen LogP contribution in [0.5, 0.6) is 0 Å². The third kappa shape index (κ3) is 3.09. The maximum Gasteiger partial charge on any atom is 0.164 e. The van der Waals surface area contributed by atoms with E-state index >= 15 is 0 Å². The summed E-state index contributed by atoms with van der Waals surface area (Å²) in [6, 6.07) is 12.5. The van der Waals surface area contributed by atoms with Crippen molar-refractivity contribution >= 4 is 17.6 Å². The summed E-state index contributed by atoms with van der Waals surface area (Å²) in [4.78, 5) is 0. The number of rotatable bonds is 5. The maximum absolute atomic E-state index is 9.05. The summed E-state index contributed by atoms with van der Waals surface area (Å²) >= 11 is 1.51. The Kier molecular flexibility index (Phi) is 4.48. The molecule has 0 atom stereocenters. The van der Waals surface area contributed by atoms with Gasteiger partial charge in [0, 0.05) is 6.54 Å². The van der Waals surface area contributed by atoms with Gasteiger partial charge in [-0.05, 0) is 24.7 Å². The molecule has 5 heteroatoms. The van der Waals surface area contributed by atoms with Crippen LogP contribution in [0.3, 0.4) is 0 Å². The third-order valence-corrected chi connectivity index (χ3v) is 3.72. The van der Waals surface area contributed by atoms with Crippen LogP contribution in [0.1, 0.15) is 17.5 Å². The van der Waals surface area contributed by atoms with Crippen LogP contribution in [-0.4, -0.2) is 16.0 Å². The van der Waals surface area contributed by atoms with Crippen LogP contribution in [0, 0.1) is 11.3 Å². The highest BCUT2D eigenvalue weighted by Gasteiger charge is 2.14. The highest BCUT2D eigenvalue weighted by Crippen LogP contribution is 2.24. The number of aryl methyl sites for hydroxylation is 2. The zero-order valence-electron chi connectivity index (χ0n) is 10.8. The standard InChI is InChI=1S/C14H16N4S/c1-19-14-12(10-15)13(16)17-18(14)9-5-8-11-6-3-2-4-7-11/h2-4,6-7H,5,8-9H2,1H3,(H2,16,17). The average molecular weight is 272 g/mol. The lowest BCUT2D eigenvalue weighted by Gasteiger charge is -2.05. The number of nitrogens with two attached hydrogens (primary N) is 1. The average Bonchev–Trinajstić information content (AvgIpc) is 2.75. The van der Waals surface area contributed by atoms with Crippen molar-refractivity contribution in [2.75, 3.05) is 12.0 Å². The molecule has 0 saturated heterocycles. The molecule has 1 heterocycles. The lowest BCUT2D eigenvalue weighted by atomic mass is 10.1. The smallest absolute Gasteiger partial charge is 0.164 e. The molecule has 2 rings (SSSR count). The van der Waals surface area contributed by atoms with Gasteiger partial charge in [-0.1, -0.05) is 30.3 Å². The fourth-order valence-corrected chi connectivity index (χ4v) is 2.70. The molecule has 1 aromatic heterocycles. The Hall–Kier alpha value is -1.93. The summed E-state index contributed by atoms with van der Waals surface area (Å²) in [6.45, 7) is 0.775. The van der Waals surface area contributed by atoms with Gasteiger partial charge in [0.25, 0.3) is 0 Å². The van der Waals surface area contributed by atoms with Crippen LogP contribution in [0.25, 0.3) is 0 Å². The molecule has 0 saturated carbocycles. The molecule has 0 fully saturated rings. The van der Waals surface area contributed by atoms with E-state index in [1.165, 1.54) is 17.3 Å². The minimum atomic E-state index is 0.326. The summed E-state index contributed by atoms with van der Waals surface area (Å²) in [5.41, 5.74) is 7.55. The molecule has 0 aliphatic rings. The number of nitriles is 1. The Morgan fingerprint density at radius 1 is 1.37 bits per heavy atom. The first-order chi connectivity index (χ1) is 9.26. The fourth-order valence-electron chi connectivity index (χ4n) is 2.01. The Bertz CT molecular complexity index is 583. The molecule has 0 aliphatic carbocycles. The molecule has 0 bridgehead atoms. The molecular weight excluding hydrogens is 256 g/mol. The Labute approximate surface area is 117 Å². The first-order valence-electron chi connectivity index (χ1n) is 6.10. The number of anilines is 1. The molecule has 4 nitrogen and oxygen atoms in total. The van der Waals surface area contributed by atoms with Crippen LogP contribution in [0.2, 0.25) is 0 Å². The van der Waals surface area contributed by atoms with Crippen molar-refractivity contribution in [3.63, 3.8) is 0 Å². The molecule has 0 spiro atoms. The minimum absolute atomic E-state index is 0.326. The Balaban J connectivity index is 2.02. The van der Waals surface area contributed by atoms with Crippen molar-refractivity contribution in [2.45, 2.75) is 24.4 Å². The first kappa shape index (κ1) is 13.5. The van der Waals surface area contributed by atoms with Crippen LogP contribution >= 0.6 is 11.8 Å². The summed E-state index contributed by atoms with van der Waals surface area (Å²) in [6.07, 6.45) is 3.91. The van der Waals surface area contributed by atoms with Gasteiger partial charge in [0.15, 0.2) is 5.82 Å². The van der Waals surface area contributed by atoms with E-state index in [2.05, 4.69) is 23.3 Å². The highest BCUT2D eigenvalue weighted by atomic mass is 32.2. The van der Waals surface area contributed by atoms with Crippen LogP contribution in [-0.2, 0) is 13.0 Å². The summed E-state index contributed by atoms with van der Waals surface area (Å²) in [5.74, 6) is 0.326. The lowest BCUT2D eigenvalue weighted by Crippen LogP contribution is -2.03. The molecule has 1 aromatic carbocycles. The SMILES string of the molecule is CSc1c(C#N)c(N)nn1CCCc1ccccc1. The van der Waals surface area contributed by atoms with Crippen LogP contribution < -0.4 is 5.73 Å². The molecular formula is C14H16N4S. The second-order valence-corrected chi connectivity index (χ2v) is 4.99. The Morgan fingerprint density at radius 3 is 2.74 bits per heavy atom. The molecule has 0 aliphatic heterocycles. The molecule has 19 heavy (non-hydrogen) atoms. The van der Waals surface area contributed by atoms with Crippen molar-refractivity contribution in [2.24, 2.45) is 0 Å². The number of nitrogen functional groups attached to an aromatic ring is 1. The number of thioether (sulfide) groups is 1. The highest BCUT2D eigenvalue weighted by molar-refractivity contribution is 7.98. The van der Waals surface area contributed by atoms with Gasteiger partial charge >= 0.3 is 0 Å². The monoisotopic (exact) mass is 272 g/mol. The van der Waals surface area contributed by atoms with E-state index < -0.39 is 0 Å². The largest absolute Gasteiger partial charge is 0.381 e. The number of benzene rings is 1. The van der Waals surface area contributed by atoms with Crippen molar-refractivity contribution in [3.05, 3.63) is 41.5 Å². The predicted octanol–water partition coefficient (Wildman–Crippen LogP) is 2.69. The van der Waals surface area contributed by atoms with E-state index in [4.69, 9.17) is 11.0 Å². The van der Waals surface area contributed by atoms with E-state index in [0.717, 1.165) is 24.4 Å². The summed E-state index contributed by atoms with van der Waals surface area (Å²) in [7, 11) is 0.